The van der Waals surface area contributed by atoms with Crippen molar-refractivity contribution in [3.63, 3.8) is 0 Å². The van der Waals surface area contributed by atoms with Gasteiger partial charge in [0, 0.05) is 31.7 Å². The number of benzene rings is 1. The van der Waals surface area contributed by atoms with E-state index in [2.05, 4.69) is 45.8 Å². The van der Waals surface area contributed by atoms with Gasteiger partial charge in [-0.3, -0.25) is 14.7 Å². The van der Waals surface area contributed by atoms with E-state index in [0.29, 0.717) is 31.4 Å². The Morgan fingerprint density at radius 3 is 2.45 bits per heavy atom. The van der Waals surface area contributed by atoms with E-state index in [0.717, 1.165) is 23.7 Å². The van der Waals surface area contributed by atoms with Crippen molar-refractivity contribution >= 4 is 23.5 Å². The highest BCUT2D eigenvalue weighted by molar-refractivity contribution is 6.31. The number of guanidine groups is 1. The fourth-order valence-electron chi connectivity index (χ4n) is 3.11. The van der Waals surface area contributed by atoms with Gasteiger partial charge in [-0.2, -0.15) is 0 Å². The van der Waals surface area contributed by atoms with Crippen LogP contribution in [0.15, 0.2) is 52.1 Å². The molecule has 29 heavy (non-hydrogen) atoms. The molecule has 0 saturated carbocycles. The highest BCUT2D eigenvalue weighted by Crippen LogP contribution is 2.26. The highest BCUT2D eigenvalue weighted by Gasteiger charge is 2.20. The number of carbonyl (C=O) groups excluding carboxylic acids is 1. The molecule has 1 atom stereocenters. The molecule has 2 aromatic rings. The summed E-state index contributed by atoms with van der Waals surface area (Å²) < 4.78 is 5.07. The van der Waals surface area contributed by atoms with Crippen molar-refractivity contribution in [2.24, 2.45) is 4.99 Å². The van der Waals surface area contributed by atoms with Crippen LogP contribution in [-0.2, 0) is 0 Å². The predicted octanol–water partition coefficient (Wildman–Crippen LogP) is 2.91. The van der Waals surface area contributed by atoms with E-state index in [1.165, 1.54) is 6.26 Å². The molecule has 3 N–H and O–H groups in total. The quantitative estimate of drug-likeness (QED) is 0.313. The van der Waals surface area contributed by atoms with Crippen LogP contribution in [0.5, 0.6) is 0 Å². The van der Waals surface area contributed by atoms with E-state index in [9.17, 15) is 4.79 Å². The summed E-state index contributed by atoms with van der Waals surface area (Å²) in [5.41, 5.74) is 1.09. The van der Waals surface area contributed by atoms with Gasteiger partial charge in [0.25, 0.3) is 5.91 Å². The molecule has 0 aliphatic carbocycles. The fourth-order valence-corrected chi connectivity index (χ4v) is 3.37. The topological polar surface area (TPSA) is 81.9 Å². The number of aliphatic imine (C=N–C) groups is 1. The van der Waals surface area contributed by atoms with Crippen LogP contribution in [0, 0.1) is 0 Å². The Hall–Kier alpha value is -2.51. The number of hydrogen-bond acceptors (Lipinski definition) is 4. The Morgan fingerprint density at radius 1 is 1.10 bits per heavy atom. The van der Waals surface area contributed by atoms with E-state index in [1.54, 1.807) is 19.2 Å². The van der Waals surface area contributed by atoms with E-state index >= 15 is 0 Å². The van der Waals surface area contributed by atoms with E-state index in [4.69, 9.17) is 16.0 Å². The Balaban J connectivity index is 1.87. The Morgan fingerprint density at radius 2 is 1.83 bits per heavy atom. The molecule has 8 heteroatoms. The molecule has 2 rings (SSSR count). The Labute approximate surface area is 177 Å². The lowest BCUT2D eigenvalue weighted by molar-refractivity contribution is 0.0926. The van der Waals surface area contributed by atoms with Crippen molar-refractivity contribution in [2.75, 3.05) is 39.8 Å². The van der Waals surface area contributed by atoms with Crippen molar-refractivity contribution in [3.05, 3.63) is 59.0 Å². The zero-order valence-corrected chi connectivity index (χ0v) is 18.0. The minimum Gasteiger partial charge on any atom is -0.459 e. The summed E-state index contributed by atoms with van der Waals surface area (Å²) in [5.74, 6) is 0.732. The van der Waals surface area contributed by atoms with Gasteiger partial charge < -0.3 is 20.4 Å². The first-order chi connectivity index (χ1) is 14.1. The van der Waals surface area contributed by atoms with Crippen LogP contribution < -0.4 is 16.0 Å². The van der Waals surface area contributed by atoms with Crippen molar-refractivity contribution in [2.45, 2.75) is 19.9 Å². The summed E-state index contributed by atoms with van der Waals surface area (Å²) in [6, 6.07) is 11.4. The van der Waals surface area contributed by atoms with Crippen molar-refractivity contribution in [3.8, 4) is 0 Å². The fraction of sp³-hybridized carbons (Fsp3) is 0.429. The molecule has 0 aliphatic heterocycles. The molecule has 1 unspecified atom stereocenters. The zero-order chi connectivity index (χ0) is 21.1. The van der Waals surface area contributed by atoms with Gasteiger partial charge in [0.1, 0.15) is 0 Å². The van der Waals surface area contributed by atoms with Crippen molar-refractivity contribution in [1.82, 2.24) is 20.9 Å². The summed E-state index contributed by atoms with van der Waals surface area (Å²) in [4.78, 5) is 18.5. The van der Waals surface area contributed by atoms with Crippen molar-refractivity contribution in [1.29, 1.82) is 0 Å². The van der Waals surface area contributed by atoms with E-state index in [-0.39, 0.29) is 11.9 Å². The first kappa shape index (κ1) is 22.8. The molecular weight excluding hydrogens is 390 g/mol. The molecule has 1 aromatic heterocycles. The zero-order valence-electron chi connectivity index (χ0n) is 17.2. The second-order valence-corrected chi connectivity index (χ2v) is 6.78. The number of nitrogens with zero attached hydrogens (tertiary/aromatic N) is 2. The normalized spacial score (nSPS) is 12.7. The van der Waals surface area contributed by atoms with Gasteiger partial charge in [-0.15, -0.1) is 0 Å². The van der Waals surface area contributed by atoms with Gasteiger partial charge >= 0.3 is 0 Å². The third-order valence-electron chi connectivity index (χ3n) is 4.65. The molecule has 0 aliphatic rings. The summed E-state index contributed by atoms with van der Waals surface area (Å²) in [5, 5.41) is 10.1. The molecule has 0 fully saturated rings. The summed E-state index contributed by atoms with van der Waals surface area (Å²) in [7, 11) is 1.72. The van der Waals surface area contributed by atoms with Crippen LogP contribution in [0.2, 0.25) is 5.02 Å². The number of hydrogen-bond donors (Lipinski definition) is 3. The predicted molar refractivity (Wildman–Crippen MR) is 118 cm³/mol. The van der Waals surface area contributed by atoms with Crippen LogP contribution in [0.1, 0.15) is 36.0 Å². The lowest BCUT2D eigenvalue weighted by Crippen LogP contribution is -2.45. The van der Waals surface area contributed by atoms with E-state index in [1.807, 2.05) is 18.2 Å². The molecule has 158 valence electrons. The van der Waals surface area contributed by atoms with Gasteiger partial charge in [0.2, 0.25) is 0 Å². The smallest absolute Gasteiger partial charge is 0.287 e. The van der Waals surface area contributed by atoms with Gasteiger partial charge in [-0.1, -0.05) is 43.6 Å². The monoisotopic (exact) mass is 419 g/mol. The first-order valence-electron chi connectivity index (χ1n) is 9.85. The second-order valence-electron chi connectivity index (χ2n) is 6.37. The minimum absolute atomic E-state index is 0.121. The molecule has 1 amide bonds. The first-order valence-corrected chi connectivity index (χ1v) is 10.2. The lowest BCUT2D eigenvalue weighted by atomic mass is 10.0. The number of furan rings is 1. The standard InChI is InChI=1S/C21H30ClN5O2/c1-4-27(5-2)18(16-9-6-7-10-17(16)22)15-26-21(23-3)25-13-12-24-20(28)19-11-8-14-29-19/h6-11,14,18H,4-5,12-13,15H2,1-3H3,(H,24,28)(H2,23,25,26). The maximum absolute atomic E-state index is 11.9. The average Bonchev–Trinajstić information content (AvgIpc) is 3.28. The van der Waals surface area contributed by atoms with Crippen LogP contribution in [0.25, 0.3) is 0 Å². The number of nitrogens with one attached hydrogen (secondary N) is 3. The number of amides is 1. The average molecular weight is 420 g/mol. The highest BCUT2D eigenvalue weighted by atomic mass is 35.5. The lowest BCUT2D eigenvalue weighted by Gasteiger charge is -2.31. The summed E-state index contributed by atoms with van der Waals surface area (Å²) >= 11 is 6.45. The summed E-state index contributed by atoms with van der Waals surface area (Å²) in [6.07, 6.45) is 1.48. The maximum Gasteiger partial charge on any atom is 0.287 e. The molecule has 0 spiro atoms. The largest absolute Gasteiger partial charge is 0.459 e. The molecule has 1 aromatic carbocycles. The number of halogens is 1. The van der Waals surface area contributed by atoms with Crippen LogP contribution >= 0.6 is 11.6 Å². The third-order valence-corrected chi connectivity index (χ3v) is 5.00. The Bertz CT molecular complexity index is 775. The molecule has 0 saturated heterocycles. The minimum atomic E-state index is -0.236. The van der Waals surface area contributed by atoms with Crippen LogP contribution in [0.4, 0.5) is 0 Å². The molecular formula is C21H30ClN5O2. The maximum atomic E-state index is 11.9. The Kier molecular flexibility index (Phi) is 9.53. The number of carbonyl (C=O) groups is 1. The van der Waals surface area contributed by atoms with Gasteiger partial charge in [0.15, 0.2) is 11.7 Å². The third kappa shape index (κ3) is 6.80. The van der Waals surface area contributed by atoms with Crippen molar-refractivity contribution < 1.29 is 9.21 Å². The molecule has 7 nitrogen and oxygen atoms in total. The second kappa shape index (κ2) is 12.1. The summed E-state index contributed by atoms with van der Waals surface area (Å²) in [6.45, 7) is 7.75. The van der Waals surface area contributed by atoms with Gasteiger partial charge in [-0.05, 0) is 36.9 Å². The van der Waals surface area contributed by atoms with E-state index < -0.39 is 0 Å². The molecule has 0 radical (unpaired) electrons. The van der Waals surface area contributed by atoms with Gasteiger partial charge in [-0.25, -0.2) is 0 Å². The SMILES string of the molecule is CCN(CC)C(CNC(=NC)NCCNC(=O)c1ccco1)c1ccccc1Cl. The molecule has 1 heterocycles. The van der Waals surface area contributed by atoms with Gasteiger partial charge in [0.05, 0.1) is 12.3 Å². The number of rotatable bonds is 10. The van der Waals surface area contributed by atoms with Crippen LogP contribution in [-0.4, -0.2) is 56.5 Å². The number of likely N-dealkylation sites (N-methyl/N-ethyl adjacent to an activating group) is 1. The molecule has 0 bridgehead atoms. The van der Waals surface area contributed by atoms with Crippen LogP contribution in [0.3, 0.4) is 0 Å².